The number of aryl methyl sites for hydroxylation is 1. The number of methoxy groups -OCH3 is 2. The summed E-state index contributed by atoms with van der Waals surface area (Å²) in [6.45, 7) is 6.02. The van der Waals surface area contributed by atoms with Crippen molar-refractivity contribution in [2.75, 3.05) is 53.7 Å². The molecule has 1 aliphatic rings. The number of piperidine rings is 1. The summed E-state index contributed by atoms with van der Waals surface area (Å²) in [6, 6.07) is 22.0. The van der Waals surface area contributed by atoms with Crippen LogP contribution in [0, 0.1) is 6.92 Å². The first-order chi connectivity index (χ1) is 21.5. The Kier molecular flexibility index (Phi) is 13.2. The molecular formula is C35H45NO8. The van der Waals surface area contributed by atoms with Crippen LogP contribution in [-0.2, 0) is 27.4 Å². The van der Waals surface area contributed by atoms with Gasteiger partial charge in [0.1, 0.15) is 17.2 Å². The average molecular weight is 608 g/mol. The average Bonchev–Trinajstić information content (AvgIpc) is 3.05. The lowest BCUT2D eigenvalue weighted by Crippen LogP contribution is -2.46. The summed E-state index contributed by atoms with van der Waals surface area (Å²) < 4.78 is 34.6. The number of benzene rings is 3. The van der Waals surface area contributed by atoms with Crippen LogP contribution in [0.2, 0.25) is 0 Å². The van der Waals surface area contributed by atoms with E-state index in [1.807, 2.05) is 61.5 Å². The summed E-state index contributed by atoms with van der Waals surface area (Å²) >= 11 is 0. The van der Waals surface area contributed by atoms with Gasteiger partial charge >= 0.3 is 6.09 Å². The van der Waals surface area contributed by atoms with Crippen molar-refractivity contribution in [1.29, 1.82) is 0 Å². The van der Waals surface area contributed by atoms with Crippen LogP contribution in [0.3, 0.4) is 0 Å². The number of amides is 1. The molecular weight excluding hydrogens is 562 g/mol. The monoisotopic (exact) mass is 607 g/mol. The Morgan fingerprint density at radius 1 is 0.886 bits per heavy atom. The van der Waals surface area contributed by atoms with Crippen LogP contribution >= 0.6 is 0 Å². The lowest BCUT2D eigenvalue weighted by atomic mass is 9.87. The Balaban J connectivity index is 1.28. The van der Waals surface area contributed by atoms with Crippen LogP contribution in [0.1, 0.15) is 47.4 Å². The number of carboxylic acid groups (broad SMARTS) is 1. The van der Waals surface area contributed by atoms with Gasteiger partial charge in [-0.05, 0) is 54.3 Å². The first-order valence-electron chi connectivity index (χ1n) is 15.2. The zero-order chi connectivity index (χ0) is 31.1. The van der Waals surface area contributed by atoms with Crippen molar-refractivity contribution in [3.63, 3.8) is 0 Å². The van der Waals surface area contributed by atoms with Crippen molar-refractivity contribution in [3.05, 3.63) is 89.0 Å². The van der Waals surface area contributed by atoms with Gasteiger partial charge in [0.05, 0.1) is 52.8 Å². The van der Waals surface area contributed by atoms with Crippen LogP contribution in [0.15, 0.2) is 66.7 Å². The van der Waals surface area contributed by atoms with E-state index < -0.39 is 6.09 Å². The molecule has 1 N–H and O–H groups in total. The van der Waals surface area contributed by atoms with Gasteiger partial charge in [0.15, 0.2) is 0 Å². The summed E-state index contributed by atoms with van der Waals surface area (Å²) in [5.74, 6) is 2.51. The molecule has 0 aliphatic carbocycles. The molecule has 1 heterocycles. The highest BCUT2D eigenvalue weighted by Crippen LogP contribution is 2.33. The van der Waals surface area contributed by atoms with Gasteiger partial charge in [-0.15, -0.1) is 0 Å². The molecule has 3 aromatic rings. The lowest BCUT2D eigenvalue weighted by Gasteiger charge is -2.37. The summed E-state index contributed by atoms with van der Waals surface area (Å²) in [7, 11) is 3.34. The molecule has 1 fully saturated rings. The number of rotatable bonds is 17. The van der Waals surface area contributed by atoms with Crippen molar-refractivity contribution >= 4 is 6.09 Å². The van der Waals surface area contributed by atoms with Crippen molar-refractivity contribution in [2.45, 2.75) is 51.4 Å². The molecule has 0 bridgehead atoms. The second kappa shape index (κ2) is 17.5. The molecule has 44 heavy (non-hydrogen) atoms. The van der Waals surface area contributed by atoms with Gasteiger partial charge in [-0.3, -0.25) is 0 Å². The SMILES string of the molecule is COCCCOc1cc(COC2CN(C(=O)O)CCC2c2ccc(OCCCOCc3ccccc3OC)cc2)ccc1C. The quantitative estimate of drug-likeness (QED) is 0.175. The molecule has 0 spiro atoms. The minimum absolute atomic E-state index is 0.0678. The van der Waals surface area contributed by atoms with E-state index in [1.54, 1.807) is 14.2 Å². The molecule has 2 atom stereocenters. The van der Waals surface area contributed by atoms with Crippen molar-refractivity contribution in [2.24, 2.45) is 0 Å². The van der Waals surface area contributed by atoms with Crippen molar-refractivity contribution in [3.8, 4) is 17.2 Å². The van der Waals surface area contributed by atoms with Gasteiger partial charge in [-0.2, -0.15) is 0 Å². The first kappa shape index (κ1) is 33.1. The zero-order valence-electron chi connectivity index (χ0n) is 26.0. The highest BCUT2D eigenvalue weighted by molar-refractivity contribution is 5.65. The number of para-hydroxylation sites is 1. The summed E-state index contributed by atoms with van der Waals surface area (Å²) in [5, 5.41) is 9.65. The van der Waals surface area contributed by atoms with Gasteiger partial charge < -0.3 is 38.4 Å². The summed E-state index contributed by atoms with van der Waals surface area (Å²) in [4.78, 5) is 13.2. The number of hydrogen-bond donors (Lipinski definition) is 1. The van der Waals surface area contributed by atoms with E-state index in [9.17, 15) is 9.90 Å². The van der Waals surface area contributed by atoms with Crippen LogP contribution in [0.5, 0.6) is 17.2 Å². The predicted octanol–water partition coefficient (Wildman–Crippen LogP) is 6.46. The summed E-state index contributed by atoms with van der Waals surface area (Å²) in [6.07, 6.45) is 1.06. The maximum Gasteiger partial charge on any atom is 0.407 e. The van der Waals surface area contributed by atoms with Gasteiger partial charge in [-0.1, -0.05) is 42.5 Å². The fourth-order valence-corrected chi connectivity index (χ4v) is 5.29. The summed E-state index contributed by atoms with van der Waals surface area (Å²) in [5.41, 5.74) is 4.17. The van der Waals surface area contributed by atoms with Crippen LogP contribution in [0.4, 0.5) is 4.79 Å². The molecule has 4 rings (SSSR count). The molecule has 0 radical (unpaired) electrons. The van der Waals surface area contributed by atoms with E-state index in [1.165, 1.54) is 4.90 Å². The number of nitrogens with zero attached hydrogens (tertiary/aromatic N) is 1. The molecule has 9 nitrogen and oxygen atoms in total. The lowest BCUT2D eigenvalue weighted by molar-refractivity contribution is -0.0200. The fourth-order valence-electron chi connectivity index (χ4n) is 5.29. The third-order valence-corrected chi connectivity index (χ3v) is 7.76. The second-order valence-corrected chi connectivity index (χ2v) is 10.9. The molecule has 3 aromatic carbocycles. The van der Waals surface area contributed by atoms with Crippen LogP contribution in [0.25, 0.3) is 0 Å². The fraction of sp³-hybridized carbons (Fsp3) is 0.457. The van der Waals surface area contributed by atoms with E-state index >= 15 is 0 Å². The smallest absolute Gasteiger partial charge is 0.407 e. The van der Waals surface area contributed by atoms with Crippen LogP contribution in [-0.4, -0.2) is 75.9 Å². The van der Waals surface area contributed by atoms with Gasteiger partial charge in [0.25, 0.3) is 0 Å². The minimum Gasteiger partial charge on any atom is -0.496 e. The highest BCUT2D eigenvalue weighted by atomic mass is 16.5. The van der Waals surface area contributed by atoms with E-state index in [-0.39, 0.29) is 12.0 Å². The normalized spacial score (nSPS) is 16.5. The zero-order valence-corrected chi connectivity index (χ0v) is 26.0. The predicted molar refractivity (Wildman–Crippen MR) is 168 cm³/mol. The number of likely N-dealkylation sites (tertiary alicyclic amines) is 1. The Morgan fingerprint density at radius 3 is 2.43 bits per heavy atom. The van der Waals surface area contributed by atoms with Crippen molar-refractivity contribution < 1.29 is 38.3 Å². The Morgan fingerprint density at radius 2 is 1.66 bits per heavy atom. The number of hydrogen-bond acceptors (Lipinski definition) is 7. The molecule has 2 unspecified atom stereocenters. The highest BCUT2D eigenvalue weighted by Gasteiger charge is 2.33. The van der Waals surface area contributed by atoms with E-state index in [4.69, 9.17) is 28.4 Å². The third kappa shape index (κ3) is 9.87. The maximum atomic E-state index is 11.8. The maximum absolute atomic E-state index is 11.8. The van der Waals surface area contributed by atoms with Crippen molar-refractivity contribution in [1.82, 2.24) is 4.90 Å². The second-order valence-electron chi connectivity index (χ2n) is 10.9. The Hall–Kier alpha value is -3.79. The molecule has 1 amide bonds. The molecule has 1 saturated heterocycles. The largest absolute Gasteiger partial charge is 0.496 e. The molecule has 9 heteroatoms. The van der Waals surface area contributed by atoms with Gasteiger partial charge in [0.2, 0.25) is 0 Å². The third-order valence-electron chi connectivity index (χ3n) is 7.76. The van der Waals surface area contributed by atoms with E-state index in [0.717, 1.165) is 52.3 Å². The minimum atomic E-state index is -0.922. The standard InChI is InChI=1S/C35H45NO8/c1-26-10-11-27(22-33(26)43-21-6-18-39-2)24-44-34-23-36(35(37)38)17-16-31(34)28-12-14-30(15-13-28)42-20-7-19-41-25-29-8-4-5-9-32(29)40-3/h4-5,8-15,22,31,34H,6-7,16-21,23-25H2,1-3H3,(H,37,38). The molecule has 238 valence electrons. The topological polar surface area (TPSA) is 95.9 Å². The Bertz CT molecular complexity index is 1300. The van der Waals surface area contributed by atoms with Gasteiger partial charge in [0, 0.05) is 44.6 Å². The van der Waals surface area contributed by atoms with Gasteiger partial charge in [-0.25, -0.2) is 4.79 Å². The molecule has 0 aromatic heterocycles. The van der Waals surface area contributed by atoms with E-state index in [0.29, 0.717) is 59.2 Å². The number of ether oxygens (including phenoxy) is 6. The number of carbonyl (C=O) groups is 1. The van der Waals surface area contributed by atoms with E-state index in [2.05, 4.69) is 12.1 Å². The molecule has 1 aliphatic heterocycles. The Labute approximate surface area is 260 Å². The van der Waals surface area contributed by atoms with Crippen LogP contribution < -0.4 is 14.2 Å². The first-order valence-corrected chi connectivity index (χ1v) is 15.2. The molecule has 0 saturated carbocycles.